The van der Waals surface area contributed by atoms with E-state index in [1.54, 1.807) is 12.1 Å². The number of likely N-dealkylation sites (tertiary alicyclic amines) is 1. The highest BCUT2D eigenvalue weighted by Crippen LogP contribution is 2.26. The van der Waals surface area contributed by atoms with Crippen molar-refractivity contribution >= 4 is 22.7 Å². The van der Waals surface area contributed by atoms with Gasteiger partial charge >= 0.3 is 0 Å². The largest absolute Gasteiger partial charge is 0.489 e. The number of rotatable bonds is 5. The highest BCUT2D eigenvalue weighted by Gasteiger charge is 2.31. The molecule has 7 heteroatoms. The lowest BCUT2D eigenvalue weighted by molar-refractivity contribution is 0.0691. The molecule has 144 valence electrons. The average molecular weight is 378 g/mol. The number of carbonyl (C=O) groups is 2. The molecule has 2 amide bonds. The Kier molecular flexibility index (Phi) is 4.73. The number of hydrogen-bond acceptors (Lipinski definition) is 4. The zero-order valence-corrected chi connectivity index (χ0v) is 15.7. The Labute approximate surface area is 162 Å². The third-order valence-corrected chi connectivity index (χ3v) is 5.20. The topological polar surface area (TPSA) is 90.4 Å². The third kappa shape index (κ3) is 3.19. The van der Waals surface area contributed by atoms with Crippen molar-refractivity contribution in [3.63, 3.8) is 0 Å². The molecule has 3 aromatic rings. The van der Waals surface area contributed by atoms with Crippen molar-refractivity contribution in [1.29, 1.82) is 0 Å². The number of aromatic nitrogens is 2. The quantitative estimate of drug-likeness (QED) is 0.738. The fourth-order valence-electron chi connectivity index (χ4n) is 3.82. The number of nitrogens with two attached hydrogens (primary N) is 1. The highest BCUT2D eigenvalue weighted by atomic mass is 16.5. The van der Waals surface area contributed by atoms with E-state index in [-0.39, 0.29) is 17.6 Å². The van der Waals surface area contributed by atoms with Crippen molar-refractivity contribution < 1.29 is 14.3 Å². The molecule has 3 heterocycles. The van der Waals surface area contributed by atoms with Crippen LogP contribution < -0.4 is 10.5 Å². The van der Waals surface area contributed by atoms with Crippen LogP contribution in [0, 0.1) is 0 Å². The van der Waals surface area contributed by atoms with Gasteiger partial charge in [0.25, 0.3) is 11.8 Å². The van der Waals surface area contributed by atoms with E-state index in [1.807, 2.05) is 47.0 Å². The fraction of sp³-hybridized carbons (Fsp3) is 0.286. The molecular weight excluding hydrogens is 356 g/mol. The van der Waals surface area contributed by atoms with Gasteiger partial charge in [-0.3, -0.25) is 9.59 Å². The van der Waals surface area contributed by atoms with Crippen LogP contribution in [0.4, 0.5) is 0 Å². The number of para-hydroxylation sites is 1. The van der Waals surface area contributed by atoms with E-state index in [0.29, 0.717) is 24.5 Å². The lowest BCUT2D eigenvalue weighted by atomic mass is 10.1. The molecule has 4 rings (SSSR count). The van der Waals surface area contributed by atoms with Gasteiger partial charge in [0.05, 0.1) is 11.6 Å². The summed E-state index contributed by atoms with van der Waals surface area (Å²) < 4.78 is 7.80. The number of nitrogens with zero attached hydrogens (tertiary/aromatic N) is 3. The summed E-state index contributed by atoms with van der Waals surface area (Å²) in [5, 5.41) is 0.949. The SMILES string of the molecule is Cn1cc(C(=O)N2CCC[C@@H]2COc2cccnc2C(N)=O)c2ccccc21. The highest BCUT2D eigenvalue weighted by molar-refractivity contribution is 6.07. The number of amides is 2. The Balaban J connectivity index is 1.54. The van der Waals surface area contributed by atoms with Crippen molar-refractivity contribution in [1.82, 2.24) is 14.5 Å². The van der Waals surface area contributed by atoms with Crippen LogP contribution in [0.5, 0.6) is 5.75 Å². The van der Waals surface area contributed by atoms with Gasteiger partial charge < -0.3 is 19.9 Å². The summed E-state index contributed by atoms with van der Waals surface area (Å²) in [6.07, 6.45) is 5.15. The molecule has 2 aromatic heterocycles. The molecule has 1 aromatic carbocycles. The van der Waals surface area contributed by atoms with Gasteiger partial charge in [0.2, 0.25) is 0 Å². The Morgan fingerprint density at radius 1 is 1.25 bits per heavy atom. The molecule has 2 N–H and O–H groups in total. The minimum Gasteiger partial charge on any atom is -0.489 e. The zero-order valence-electron chi connectivity index (χ0n) is 15.7. The van der Waals surface area contributed by atoms with Gasteiger partial charge in [-0.1, -0.05) is 18.2 Å². The van der Waals surface area contributed by atoms with Gasteiger partial charge in [-0.25, -0.2) is 4.98 Å². The predicted octanol–water partition coefficient (Wildman–Crippen LogP) is 2.36. The minimum atomic E-state index is -0.634. The molecule has 1 aliphatic rings. The Hall–Kier alpha value is -3.35. The Morgan fingerprint density at radius 3 is 2.89 bits per heavy atom. The number of primary amides is 1. The first kappa shape index (κ1) is 18.0. The van der Waals surface area contributed by atoms with Crippen molar-refractivity contribution in [2.24, 2.45) is 12.8 Å². The molecule has 0 saturated carbocycles. The van der Waals surface area contributed by atoms with Crippen LogP contribution in [-0.4, -0.2) is 45.5 Å². The molecule has 1 atom stereocenters. The number of ether oxygens (including phenoxy) is 1. The van der Waals surface area contributed by atoms with Gasteiger partial charge in [-0.05, 0) is 31.0 Å². The lowest BCUT2D eigenvalue weighted by Gasteiger charge is -2.25. The monoisotopic (exact) mass is 378 g/mol. The maximum atomic E-state index is 13.2. The maximum Gasteiger partial charge on any atom is 0.271 e. The van der Waals surface area contributed by atoms with Gasteiger partial charge in [0, 0.05) is 36.9 Å². The van der Waals surface area contributed by atoms with E-state index in [4.69, 9.17) is 10.5 Å². The minimum absolute atomic E-state index is 0.00390. The standard InChI is InChI=1S/C21H22N4O3/c1-24-12-16(15-7-2-3-8-17(15)24)21(27)25-11-5-6-14(25)13-28-18-9-4-10-23-19(18)20(22)26/h2-4,7-10,12,14H,5-6,11,13H2,1H3,(H2,22,26)/t14-/m1/s1. The van der Waals surface area contributed by atoms with Crippen LogP contribution >= 0.6 is 0 Å². The summed E-state index contributed by atoms with van der Waals surface area (Å²) in [5.74, 6) is -0.283. The third-order valence-electron chi connectivity index (χ3n) is 5.20. The second-order valence-electron chi connectivity index (χ2n) is 6.99. The first-order valence-electron chi connectivity index (χ1n) is 9.29. The molecular formula is C21H22N4O3. The molecule has 0 spiro atoms. The van der Waals surface area contributed by atoms with E-state index in [9.17, 15) is 9.59 Å². The summed E-state index contributed by atoms with van der Waals surface area (Å²) in [5.41, 5.74) is 7.19. The average Bonchev–Trinajstić information content (AvgIpc) is 3.31. The van der Waals surface area contributed by atoms with Gasteiger partial charge in [0.1, 0.15) is 6.61 Å². The molecule has 0 unspecified atom stereocenters. The number of aryl methyl sites for hydroxylation is 1. The normalized spacial score (nSPS) is 16.5. The summed E-state index contributed by atoms with van der Waals surface area (Å²) in [7, 11) is 1.94. The second-order valence-corrected chi connectivity index (χ2v) is 6.99. The molecule has 0 bridgehead atoms. The summed E-state index contributed by atoms with van der Waals surface area (Å²) in [6.45, 7) is 0.980. The molecule has 0 radical (unpaired) electrons. The van der Waals surface area contributed by atoms with Crippen molar-refractivity contribution in [2.75, 3.05) is 13.2 Å². The van der Waals surface area contributed by atoms with E-state index < -0.39 is 5.91 Å². The van der Waals surface area contributed by atoms with E-state index in [0.717, 1.165) is 23.7 Å². The number of fused-ring (bicyclic) bond motifs is 1. The molecule has 1 saturated heterocycles. The number of carbonyl (C=O) groups excluding carboxylic acids is 2. The zero-order chi connectivity index (χ0) is 19.7. The van der Waals surface area contributed by atoms with Crippen LogP contribution in [0.1, 0.15) is 33.7 Å². The van der Waals surface area contributed by atoms with Crippen LogP contribution in [0.15, 0.2) is 48.8 Å². The van der Waals surface area contributed by atoms with Crippen LogP contribution in [-0.2, 0) is 7.05 Å². The van der Waals surface area contributed by atoms with Gasteiger partial charge in [0.15, 0.2) is 11.4 Å². The van der Waals surface area contributed by atoms with E-state index >= 15 is 0 Å². The molecule has 1 fully saturated rings. The van der Waals surface area contributed by atoms with Crippen molar-refractivity contribution in [2.45, 2.75) is 18.9 Å². The van der Waals surface area contributed by atoms with Crippen molar-refractivity contribution in [3.05, 3.63) is 60.0 Å². The molecule has 28 heavy (non-hydrogen) atoms. The first-order valence-corrected chi connectivity index (χ1v) is 9.29. The van der Waals surface area contributed by atoms with Crippen LogP contribution in [0.2, 0.25) is 0 Å². The predicted molar refractivity (Wildman–Crippen MR) is 105 cm³/mol. The summed E-state index contributed by atoms with van der Waals surface area (Å²) in [4.78, 5) is 30.6. The summed E-state index contributed by atoms with van der Waals surface area (Å²) in [6, 6.07) is 11.2. The lowest BCUT2D eigenvalue weighted by Crippen LogP contribution is -2.39. The van der Waals surface area contributed by atoms with Gasteiger partial charge in [-0.15, -0.1) is 0 Å². The Bertz CT molecular complexity index is 1040. The number of hydrogen-bond donors (Lipinski definition) is 1. The molecule has 1 aliphatic heterocycles. The summed E-state index contributed by atoms with van der Waals surface area (Å²) >= 11 is 0. The van der Waals surface area contributed by atoms with E-state index in [1.165, 1.54) is 6.20 Å². The Morgan fingerprint density at radius 2 is 2.07 bits per heavy atom. The number of benzene rings is 1. The van der Waals surface area contributed by atoms with Crippen LogP contribution in [0.3, 0.4) is 0 Å². The van der Waals surface area contributed by atoms with Crippen LogP contribution in [0.25, 0.3) is 10.9 Å². The van der Waals surface area contributed by atoms with Gasteiger partial charge in [-0.2, -0.15) is 0 Å². The number of pyridine rings is 1. The van der Waals surface area contributed by atoms with E-state index in [2.05, 4.69) is 4.98 Å². The fourth-order valence-corrected chi connectivity index (χ4v) is 3.82. The van der Waals surface area contributed by atoms with Crippen molar-refractivity contribution in [3.8, 4) is 5.75 Å². The molecule has 0 aliphatic carbocycles. The smallest absolute Gasteiger partial charge is 0.271 e. The second kappa shape index (κ2) is 7.34. The molecule has 7 nitrogen and oxygen atoms in total. The first-order chi connectivity index (χ1) is 13.6. The maximum absolute atomic E-state index is 13.2.